The fourth-order valence-electron chi connectivity index (χ4n) is 11.8. The number of hydrogen-bond donors (Lipinski definition) is 2. The molecular weight excluding hydrogens is 633 g/mol. The Hall–Kier alpha value is -3.40. The molecule has 9 rings (SSSR count). The summed E-state index contributed by atoms with van der Waals surface area (Å²) >= 11 is 0. The van der Waals surface area contributed by atoms with Crippen LogP contribution in [0.5, 0.6) is 0 Å². The summed E-state index contributed by atoms with van der Waals surface area (Å²) in [5.41, 5.74) is 29.1. The van der Waals surface area contributed by atoms with Crippen LogP contribution in [-0.2, 0) is 51.4 Å². The van der Waals surface area contributed by atoms with Gasteiger partial charge in [-0.1, -0.05) is 83.1 Å². The molecule has 3 aromatic rings. The number of rotatable bonds is 4. The molecular formula is C48H62N4. The first-order chi connectivity index (χ1) is 24.5. The summed E-state index contributed by atoms with van der Waals surface area (Å²) in [7, 11) is 0. The third-order valence-corrected chi connectivity index (χ3v) is 13.8. The molecule has 0 unspecified atom stereocenters. The van der Waals surface area contributed by atoms with Crippen LogP contribution >= 0.6 is 0 Å². The molecule has 274 valence electrons. The zero-order valence-electron chi connectivity index (χ0n) is 34.4. The van der Waals surface area contributed by atoms with Gasteiger partial charge >= 0.3 is 0 Å². The van der Waals surface area contributed by atoms with Crippen molar-refractivity contribution in [2.24, 2.45) is 21.7 Å². The Morgan fingerprint density at radius 3 is 1.21 bits per heavy atom. The topological polar surface area (TPSA) is 57.4 Å². The van der Waals surface area contributed by atoms with E-state index in [1.54, 1.807) is 11.1 Å². The van der Waals surface area contributed by atoms with Crippen molar-refractivity contribution in [1.82, 2.24) is 19.9 Å². The lowest BCUT2D eigenvalue weighted by Crippen LogP contribution is -2.24. The minimum atomic E-state index is 0.141. The molecule has 2 N–H and O–H groups in total. The van der Waals surface area contributed by atoms with Crippen molar-refractivity contribution in [2.75, 3.05) is 0 Å². The van der Waals surface area contributed by atoms with Crippen molar-refractivity contribution >= 4 is 44.4 Å². The van der Waals surface area contributed by atoms with Crippen molar-refractivity contribution in [3.63, 3.8) is 0 Å². The molecule has 4 heteroatoms. The maximum absolute atomic E-state index is 5.86. The molecule has 0 radical (unpaired) electrons. The Morgan fingerprint density at radius 2 is 0.731 bits per heavy atom. The lowest BCUT2D eigenvalue weighted by molar-refractivity contribution is 0.354. The van der Waals surface area contributed by atoms with E-state index in [9.17, 15) is 0 Å². The van der Waals surface area contributed by atoms with Crippen LogP contribution in [0.1, 0.15) is 176 Å². The molecule has 0 saturated heterocycles. The average molecular weight is 695 g/mol. The van der Waals surface area contributed by atoms with Crippen LogP contribution in [-0.4, -0.2) is 19.9 Å². The molecule has 4 aliphatic carbocycles. The van der Waals surface area contributed by atoms with Crippen LogP contribution in [0.2, 0.25) is 0 Å². The number of aromatic amines is 2. The van der Waals surface area contributed by atoms with E-state index in [-0.39, 0.29) is 21.7 Å². The highest BCUT2D eigenvalue weighted by Gasteiger charge is 2.42. The average Bonchev–Trinajstić information content (AvgIpc) is 3.80. The van der Waals surface area contributed by atoms with Crippen LogP contribution in [0.4, 0.5) is 0 Å². The number of nitrogens with zero attached hydrogens (tertiary/aromatic N) is 2. The quantitative estimate of drug-likeness (QED) is 0.286. The van der Waals surface area contributed by atoms with Crippen molar-refractivity contribution < 1.29 is 0 Å². The monoisotopic (exact) mass is 694 g/mol. The summed E-state index contributed by atoms with van der Waals surface area (Å²) in [6, 6.07) is 0. The Bertz CT molecular complexity index is 2340. The van der Waals surface area contributed by atoms with Gasteiger partial charge in [0, 0.05) is 44.3 Å². The Labute approximate surface area is 312 Å². The van der Waals surface area contributed by atoms with Crippen molar-refractivity contribution in [1.29, 1.82) is 0 Å². The van der Waals surface area contributed by atoms with Gasteiger partial charge in [0.1, 0.15) is 0 Å². The molecule has 0 fully saturated rings. The highest BCUT2D eigenvalue weighted by Crippen LogP contribution is 2.54. The van der Waals surface area contributed by atoms with E-state index >= 15 is 0 Å². The zero-order chi connectivity index (χ0) is 36.9. The lowest BCUT2D eigenvalue weighted by Gasteiger charge is -2.33. The molecule has 4 nitrogen and oxygen atoms in total. The smallest absolute Gasteiger partial charge is 0.0726 e. The van der Waals surface area contributed by atoms with Crippen LogP contribution in [0.15, 0.2) is 0 Å². The first-order valence-corrected chi connectivity index (χ1v) is 20.8. The van der Waals surface area contributed by atoms with Gasteiger partial charge in [0.25, 0.3) is 0 Å². The molecule has 0 spiro atoms. The fraction of sp³-hybridized carbons (Fsp3) is 0.583. The maximum Gasteiger partial charge on any atom is 0.0726 e. The maximum atomic E-state index is 5.86. The van der Waals surface area contributed by atoms with Gasteiger partial charge in [-0.25, -0.2) is 9.97 Å². The van der Waals surface area contributed by atoms with E-state index in [4.69, 9.17) is 9.97 Å². The molecule has 8 bridgehead atoms. The van der Waals surface area contributed by atoms with Gasteiger partial charge in [0.15, 0.2) is 0 Å². The second-order valence-electron chi connectivity index (χ2n) is 20.6. The lowest BCUT2D eigenvalue weighted by atomic mass is 9.70. The molecule has 3 aromatic heterocycles. The van der Waals surface area contributed by atoms with Gasteiger partial charge in [0.05, 0.1) is 22.8 Å². The minimum absolute atomic E-state index is 0.141. The van der Waals surface area contributed by atoms with Gasteiger partial charge in [-0.2, -0.15) is 0 Å². The van der Waals surface area contributed by atoms with Crippen molar-refractivity contribution in [3.8, 4) is 0 Å². The third-order valence-electron chi connectivity index (χ3n) is 13.8. The molecule has 0 amide bonds. The molecule has 0 saturated carbocycles. The van der Waals surface area contributed by atoms with Crippen LogP contribution < -0.4 is 0 Å². The number of nitrogens with one attached hydrogen (secondary N) is 2. The van der Waals surface area contributed by atoms with E-state index in [1.165, 1.54) is 101 Å². The summed E-state index contributed by atoms with van der Waals surface area (Å²) in [4.78, 5) is 20.2. The van der Waals surface area contributed by atoms with Crippen molar-refractivity contribution in [3.05, 3.63) is 67.3 Å². The number of fused-ring (bicyclic) bond motifs is 8. The highest BCUT2D eigenvalue weighted by molar-refractivity contribution is 6.01. The second kappa shape index (κ2) is 11.1. The Morgan fingerprint density at radius 1 is 0.385 bits per heavy atom. The highest BCUT2D eigenvalue weighted by atomic mass is 14.8. The number of H-pyrrole nitrogens is 2. The summed E-state index contributed by atoms with van der Waals surface area (Å²) in [6.45, 7) is 29.4. The number of hydrogen-bond acceptors (Lipinski definition) is 2. The summed E-state index contributed by atoms with van der Waals surface area (Å²) in [6.07, 6.45) is 12.6. The van der Waals surface area contributed by atoms with Gasteiger partial charge in [-0.3, -0.25) is 0 Å². The van der Waals surface area contributed by atoms with Crippen LogP contribution in [0.3, 0.4) is 0 Å². The van der Waals surface area contributed by atoms with E-state index < -0.39 is 0 Å². The van der Waals surface area contributed by atoms with E-state index in [1.807, 2.05) is 0 Å². The standard InChI is InChI=1S/C48H62N4/c1-13-25-29-17-45(5,6)22-34-38-27(15-3)31-19-47(9,10)24-36(43(31)51-38)40-28(16-4)32-20-48(11,12)23-35(44(32)52-40)39-26(14-2)30-18-46(7,8)21-33(42(30)50-39)37(25)49-41(29)34/h49-50H,13-24H2,1-12H3. The summed E-state index contributed by atoms with van der Waals surface area (Å²) < 4.78 is 0. The normalized spacial score (nSPS) is 21.6. The third kappa shape index (κ3) is 4.90. The SMILES string of the molecule is CCC1=C2CC(C)(C)Cc3c2nc1c1c2nc(c4c5[nH]c(c(CC)c5CC(C)(C)C4)c4c5[nH]c3c(CC)c5CC(C)(C)C4)C(CC)=C2CC(C)(C)C1. The first-order valence-electron chi connectivity index (χ1n) is 20.8. The number of aromatic nitrogens is 4. The van der Waals surface area contributed by atoms with Crippen LogP contribution in [0, 0.1) is 21.7 Å². The Kier molecular flexibility index (Phi) is 7.32. The van der Waals surface area contributed by atoms with Gasteiger partial charge in [0.2, 0.25) is 0 Å². The van der Waals surface area contributed by atoms with E-state index in [0.29, 0.717) is 0 Å². The predicted octanol–water partition coefficient (Wildman–Crippen LogP) is 12.3. The van der Waals surface area contributed by atoms with Gasteiger partial charge < -0.3 is 9.97 Å². The van der Waals surface area contributed by atoms with Crippen molar-refractivity contribution in [2.45, 2.75) is 160 Å². The second-order valence-corrected chi connectivity index (χ2v) is 20.6. The molecule has 6 aliphatic rings. The van der Waals surface area contributed by atoms with Gasteiger partial charge in [-0.05, 0) is 143 Å². The largest absolute Gasteiger partial charge is 0.354 e. The predicted molar refractivity (Wildman–Crippen MR) is 221 cm³/mol. The molecule has 52 heavy (non-hydrogen) atoms. The Balaban J connectivity index is 1.58. The van der Waals surface area contributed by atoms with Crippen LogP contribution in [0.25, 0.3) is 44.4 Å². The summed E-state index contributed by atoms with van der Waals surface area (Å²) in [5.74, 6) is 0. The number of allylic oxidation sites excluding steroid dienone is 4. The zero-order valence-corrected chi connectivity index (χ0v) is 34.4. The fourth-order valence-corrected chi connectivity index (χ4v) is 11.8. The minimum Gasteiger partial charge on any atom is -0.354 e. The molecule has 5 heterocycles. The molecule has 0 atom stereocenters. The van der Waals surface area contributed by atoms with Gasteiger partial charge in [-0.15, -0.1) is 0 Å². The summed E-state index contributed by atoms with van der Waals surface area (Å²) in [5, 5.41) is 0. The van der Waals surface area contributed by atoms with E-state index in [0.717, 1.165) is 77.0 Å². The first kappa shape index (κ1) is 34.4. The molecule has 2 aliphatic heterocycles. The molecule has 0 aromatic carbocycles. The van der Waals surface area contributed by atoms with E-state index in [2.05, 4.69) is 93.1 Å². The number of aryl methyl sites for hydroxylation is 2.